The van der Waals surface area contributed by atoms with Crippen LogP contribution < -0.4 is 5.32 Å². The molecule has 0 radical (unpaired) electrons. The predicted molar refractivity (Wildman–Crippen MR) is 88.9 cm³/mol. The molecule has 2 aromatic rings. The van der Waals surface area contributed by atoms with Gasteiger partial charge in [-0.2, -0.15) is 0 Å². The number of nitrogens with one attached hydrogen (secondary N) is 1. The van der Waals surface area contributed by atoms with E-state index in [4.69, 9.17) is 11.6 Å². The molecule has 0 fully saturated rings. The van der Waals surface area contributed by atoms with Crippen molar-refractivity contribution >= 4 is 17.4 Å². The summed E-state index contributed by atoms with van der Waals surface area (Å²) in [6.07, 6.45) is 3.97. The summed E-state index contributed by atoms with van der Waals surface area (Å²) in [5.41, 5.74) is 1.36. The second-order valence-electron chi connectivity index (χ2n) is 5.31. The van der Waals surface area contributed by atoms with Crippen molar-refractivity contribution < 1.29 is 0 Å². The number of hydrogen-bond acceptors (Lipinski definition) is 3. The first kappa shape index (κ1) is 15.8. The Balaban J connectivity index is 1.91. The number of anilines is 1. The minimum atomic E-state index is 0.339. The summed E-state index contributed by atoms with van der Waals surface area (Å²) < 4.78 is 0. The van der Waals surface area contributed by atoms with Crippen molar-refractivity contribution in [1.29, 1.82) is 0 Å². The van der Waals surface area contributed by atoms with Crippen molar-refractivity contribution in [3.05, 3.63) is 52.9 Å². The average Bonchev–Trinajstić information content (AvgIpc) is 2.46. The van der Waals surface area contributed by atoms with Gasteiger partial charge in [0, 0.05) is 18.5 Å². The topological polar surface area (TPSA) is 37.8 Å². The Morgan fingerprint density at radius 2 is 1.90 bits per heavy atom. The average molecular weight is 304 g/mol. The van der Waals surface area contributed by atoms with Crippen LogP contribution in [0.1, 0.15) is 38.1 Å². The van der Waals surface area contributed by atoms with Gasteiger partial charge < -0.3 is 5.32 Å². The summed E-state index contributed by atoms with van der Waals surface area (Å²) in [4.78, 5) is 8.75. The van der Waals surface area contributed by atoms with Gasteiger partial charge >= 0.3 is 0 Å². The zero-order valence-electron chi connectivity index (χ0n) is 12.6. The molecule has 21 heavy (non-hydrogen) atoms. The van der Waals surface area contributed by atoms with E-state index in [0.29, 0.717) is 11.2 Å². The molecule has 1 heterocycles. The van der Waals surface area contributed by atoms with E-state index >= 15 is 0 Å². The van der Waals surface area contributed by atoms with Crippen molar-refractivity contribution in [3.63, 3.8) is 0 Å². The van der Waals surface area contributed by atoms with Gasteiger partial charge in [0.1, 0.15) is 16.8 Å². The SMILES string of the molecule is CCCc1nc(Cl)cc(NC(C)CCc2ccccc2)n1. The molecule has 1 atom stereocenters. The number of rotatable bonds is 7. The number of hydrogen-bond donors (Lipinski definition) is 1. The Kier molecular flexibility index (Phi) is 6.00. The van der Waals surface area contributed by atoms with Crippen LogP contribution >= 0.6 is 11.6 Å². The second-order valence-corrected chi connectivity index (χ2v) is 5.70. The van der Waals surface area contributed by atoms with E-state index in [-0.39, 0.29) is 0 Å². The highest BCUT2D eigenvalue weighted by Crippen LogP contribution is 2.15. The van der Waals surface area contributed by atoms with Crippen LogP contribution in [0.3, 0.4) is 0 Å². The number of aromatic nitrogens is 2. The first-order valence-corrected chi connectivity index (χ1v) is 7.89. The molecule has 0 aliphatic heterocycles. The Morgan fingerprint density at radius 1 is 1.14 bits per heavy atom. The Bertz CT molecular complexity index is 557. The van der Waals surface area contributed by atoms with Crippen LogP contribution in [0.2, 0.25) is 5.15 Å². The molecular weight excluding hydrogens is 282 g/mol. The van der Waals surface area contributed by atoms with Crippen LogP contribution in [0, 0.1) is 0 Å². The lowest BCUT2D eigenvalue weighted by molar-refractivity contribution is 0.700. The van der Waals surface area contributed by atoms with Crippen LogP contribution in [0.4, 0.5) is 5.82 Å². The fraction of sp³-hybridized carbons (Fsp3) is 0.412. The minimum absolute atomic E-state index is 0.339. The molecular formula is C17H22ClN3. The molecule has 0 aliphatic carbocycles. The van der Waals surface area contributed by atoms with E-state index in [0.717, 1.165) is 37.3 Å². The van der Waals surface area contributed by atoms with Gasteiger partial charge in [-0.15, -0.1) is 0 Å². The summed E-state index contributed by atoms with van der Waals surface area (Å²) in [7, 11) is 0. The third-order valence-corrected chi connectivity index (χ3v) is 3.51. The minimum Gasteiger partial charge on any atom is -0.367 e. The lowest BCUT2D eigenvalue weighted by Gasteiger charge is -2.15. The van der Waals surface area contributed by atoms with E-state index in [9.17, 15) is 0 Å². The van der Waals surface area contributed by atoms with Gasteiger partial charge in [-0.05, 0) is 31.7 Å². The van der Waals surface area contributed by atoms with Gasteiger partial charge in [0.15, 0.2) is 0 Å². The molecule has 1 aromatic carbocycles. The third-order valence-electron chi connectivity index (χ3n) is 3.32. The van der Waals surface area contributed by atoms with Gasteiger partial charge in [0.25, 0.3) is 0 Å². The first-order chi connectivity index (χ1) is 10.2. The molecule has 112 valence electrons. The normalized spacial score (nSPS) is 12.1. The molecule has 1 aromatic heterocycles. The van der Waals surface area contributed by atoms with Gasteiger partial charge in [-0.25, -0.2) is 9.97 Å². The van der Waals surface area contributed by atoms with Crippen LogP contribution in [0.15, 0.2) is 36.4 Å². The molecule has 0 saturated carbocycles. The summed E-state index contributed by atoms with van der Waals surface area (Å²) >= 11 is 6.05. The molecule has 0 aliphatic rings. The zero-order chi connectivity index (χ0) is 15.1. The lowest BCUT2D eigenvalue weighted by Crippen LogP contribution is -2.17. The summed E-state index contributed by atoms with van der Waals surface area (Å²) in [5.74, 6) is 1.63. The monoisotopic (exact) mass is 303 g/mol. The van der Waals surface area contributed by atoms with Crippen LogP contribution in [-0.2, 0) is 12.8 Å². The largest absolute Gasteiger partial charge is 0.367 e. The fourth-order valence-corrected chi connectivity index (χ4v) is 2.43. The standard InChI is InChI=1S/C17H22ClN3/c1-3-7-16-20-15(18)12-17(21-16)19-13(2)10-11-14-8-5-4-6-9-14/h4-6,8-9,12-13H,3,7,10-11H2,1-2H3,(H,19,20,21). The van der Waals surface area contributed by atoms with Gasteiger partial charge in [-0.1, -0.05) is 48.9 Å². The van der Waals surface area contributed by atoms with Crippen molar-refractivity contribution in [1.82, 2.24) is 9.97 Å². The third kappa shape index (κ3) is 5.35. The Hall–Kier alpha value is -1.61. The number of halogens is 1. The summed E-state index contributed by atoms with van der Waals surface area (Å²) in [6, 6.07) is 12.7. The number of benzene rings is 1. The number of aryl methyl sites for hydroxylation is 2. The van der Waals surface area contributed by atoms with Crippen molar-refractivity contribution in [3.8, 4) is 0 Å². The predicted octanol–water partition coefficient (Wildman–Crippen LogP) is 4.52. The van der Waals surface area contributed by atoms with E-state index in [1.807, 2.05) is 6.07 Å². The van der Waals surface area contributed by atoms with Gasteiger partial charge in [-0.3, -0.25) is 0 Å². The zero-order valence-corrected chi connectivity index (χ0v) is 13.4. The molecule has 3 nitrogen and oxygen atoms in total. The van der Waals surface area contributed by atoms with Crippen molar-refractivity contribution in [2.75, 3.05) is 5.32 Å². The Labute approximate surface area is 131 Å². The van der Waals surface area contributed by atoms with Gasteiger partial charge in [0.2, 0.25) is 0 Å². The molecule has 1 N–H and O–H groups in total. The molecule has 0 saturated heterocycles. The van der Waals surface area contributed by atoms with E-state index in [1.165, 1.54) is 5.56 Å². The van der Waals surface area contributed by atoms with Crippen molar-refractivity contribution in [2.24, 2.45) is 0 Å². The van der Waals surface area contributed by atoms with Crippen LogP contribution in [-0.4, -0.2) is 16.0 Å². The number of nitrogens with zero attached hydrogens (tertiary/aromatic N) is 2. The van der Waals surface area contributed by atoms with E-state index < -0.39 is 0 Å². The van der Waals surface area contributed by atoms with Gasteiger partial charge in [0.05, 0.1) is 0 Å². The molecule has 4 heteroatoms. The van der Waals surface area contributed by atoms with Crippen LogP contribution in [0.5, 0.6) is 0 Å². The summed E-state index contributed by atoms with van der Waals surface area (Å²) in [6.45, 7) is 4.28. The second kappa shape index (κ2) is 7.99. The van der Waals surface area contributed by atoms with E-state index in [2.05, 4.69) is 53.4 Å². The maximum absolute atomic E-state index is 6.05. The van der Waals surface area contributed by atoms with E-state index in [1.54, 1.807) is 6.07 Å². The molecule has 0 spiro atoms. The maximum atomic E-state index is 6.05. The highest BCUT2D eigenvalue weighted by molar-refractivity contribution is 6.29. The van der Waals surface area contributed by atoms with Crippen LogP contribution in [0.25, 0.3) is 0 Å². The lowest BCUT2D eigenvalue weighted by atomic mass is 10.1. The molecule has 2 rings (SSSR count). The summed E-state index contributed by atoms with van der Waals surface area (Å²) in [5, 5.41) is 3.92. The highest BCUT2D eigenvalue weighted by Gasteiger charge is 2.07. The quantitative estimate of drug-likeness (QED) is 0.764. The molecule has 0 bridgehead atoms. The fourth-order valence-electron chi connectivity index (χ4n) is 2.23. The first-order valence-electron chi connectivity index (χ1n) is 7.51. The molecule has 0 amide bonds. The van der Waals surface area contributed by atoms with Crippen molar-refractivity contribution in [2.45, 2.75) is 45.6 Å². The molecule has 1 unspecified atom stereocenters. The smallest absolute Gasteiger partial charge is 0.134 e. The highest BCUT2D eigenvalue weighted by atomic mass is 35.5. The maximum Gasteiger partial charge on any atom is 0.134 e. The Morgan fingerprint density at radius 3 is 2.62 bits per heavy atom.